The van der Waals surface area contributed by atoms with Gasteiger partial charge in [-0.3, -0.25) is 0 Å². The molecule has 0 bridgehead atoms. The zero-order chi connectivity index (χ0) is 19.9. The fraction of sp³-hybridized carbons (Fsp3) is 0.238. The molecular formula is C21H24N4O3. The van der Waals surface area contributed by atoms with Crippen molar-refractivity contribution >= 4 is 23.1 Å². The monoisotopic (exact) mass is 380 g/mol. The number of ether oxygens (including phenoxy) is 3. The first-order valence-corrected chi connectivity index (χ1v) is 8.96. The van der Waals surface area contributed by atoms with Crippen molar-refractivity contribution in [2.45, 2.75) is 13.8 Å². The molecule has 0 saturated carbocycles. The lowest BCUT2D eigenvalue weighted by molar-refractivity contribution is 0.342. The maximum absolute atomic E-state index is 5.67. The molecule has 0 amide bonds. The van der Waals surface area contributed by atoms with E-state index in [0.717, 1.165) is 22.8 Å². The predicted octanol–water partition coefficient (Wildman–Crippen LogP) is 4.69. The Kier molecular flexibility index (Phi) is 6.16. The highest BCUT2D eigenvalue weighted by Gasteiger charge is 2.10. The third-order valence-corrected chi connectivity index (χ3v) is 3.96. The van der Waals surface area contributed by atoms with Gasteiger partial charge < -0.3 is 24.8 Å². The summed E-state index contributed by atoms with van der Waals surface area (Å²) >= 11 is 0. The van der Waals surface area contributed by atoms with Crippen LogP contribution in [0.5, 0.6) is 17.2 Å². The predicted molar refractivity (Wildman–Crippen MR) is 110 cm³/mol. The Morgan fingerprint density at radius 3 is 2.39 bits per heavy atom. The van der Waals surface area contributed by atoms with Gasteiger partial charge >= 0.3 is 0 Å². The molecule has 1 heterocycles. The number of rotatable bonds is 8. The molecule has 0 fully saturated rings. The summed E-state index contributed by atoms with van der Waals surface area (Å²) in [4.78, 5) is 9.03. The van der Waals surface area contributed by atoms with Crippen molar-refractivity contribution in [3.8, 4) is 17.2 Å². The van der Waals surface area contributed by atoms with Gasteiger partial charge in [-0.25, -0.2) is 4.98 Å². The molecule has 2 N–H and O–H groups in total. The lowest BCUT2D eigenvalue weighted by Gasteiger charge is -2.14. The van der Waals surface area contributed by atoms with Crippen LogP contribution in [-0.2, 0) is 0 Å². The molecule has 146 valence electrons. The highest BCUT2D eigenvalue weighted by Crippen LogP contribution is 2.31. The lowest BCUT2D eigenvalue weighted by Crippen LogP contribution is -2.04. The normalized spacial score (nSPS) is 10.3. The maximum Gasteiger partial charge on any atom is 0.229 e. The lowest BCUT2D eigenvalue weighted by atomic mass is 10.2. The summed E-state index contributed by atoms with van der Waals surface area (Å²) in [5, 5.41) is 6.51. The first-order valence-electron chi connectivity index (χ1n) is 8.96. The Morgan fingerprint density at radius 2 is 1.64 bits per heavy atom. The first kappa shape index (κ1) is 19.3. The van der Waals surface area contributed by atoms with E-state index in [1.54, 1.807) is 20.3 Å². The number of nitrogens with zero attached hydrogens (tertiary/aromatic N) is 2. The van der Waals surface area contributed by atoms with Gasteiger partial charge in [-0.05, 0) is 38.1 Å². The van der Waals surface area contributed by atoms with Crippen LogP contribution in [0.25, 0.3) is 0 Å². The van der Waals surface area contributed by atoms with E-state index in [4.69, 9.17) is 14.2 Å². The highest BCUT2D eigenvalue weighted by atomic mass is 16.5. The van der Waals surface area contributed by atoms with E-state index in [2.05, 4.69) is 20.6 Å². The largest absolute Gasteiger partial charge is 0.497 e. The Balaban J connectivity index is 1.86. The number of hydrogen-bond donors (Lipinski definition) is 2. The summed E-state index contributed by atoms with van der Waals surface area (Å²) in [6, 6.07) is 15.1. The van der Waals surface area contributed by atoms with Gasteiger partial charge in [0.2, 0.25) is 5.95 Å². The minimum Gasteiger partial charge on any atom is -0.497 e. The topological polar surface area (TPSA) is 77.5 Å². The maximum atomic E-state index is 5.67. The molecule has 0 aliphatic carbocycles. The van der Waals surface area contributed by atoms with Gasteiger partial charge in [-0.15, -0.1) is 0 Å². The van der Waals surface area contributed by atoms with Crippen LogP contribution in [0.2, 0.25) is 0 Å². The molecule has 3 aromatic rings. The van der Waals surface area contributed by atoms with Crippen LogP contribution in [0.4, 0.5) is 23.1 Å². The van der Waals surface area contributed by atoms with Gasteiger partial charge in [0.05, 0.1) is 32.2 Å². The molecule has 7 heteroatoms. The number of methoxy groups -OCH3 is 2. The summed E-state index contributed by atoms with van der Waals surface area (Å²) in [6.07, 6.45) is 0. The van der Waals surface area contributed by atoms with Gasteiger partial charge in [0.25, 0.3) is 0 Å². The van der Waals surface area contributed by atoms with E-state index >= 15 is 0 Å². The Labute approximate surface area is 164 Å². The van der Waals surface area contributed by atoms with Crippen LogP contribution in [0, 0.1) is 6.92 Å². The van der Waals surface area contributed by atoms with E-state index in [1.165, 1.54) is 0 Å². The molecule has 0 radical (unpaired) electrons. The number of benzene rings is 2. The van der Waals surface area contributed by atoms with Crippen LogP contribution < -0.4 is 24.8 Å². The molecule has 0 unspecified atom stereocenters. The molecule has 7 nitrogen and oxygen atoms in total. The van der Waals surface area contributed by atoms with Gasteiger partial charge in [0, 0.05) is 17.8 Å². The second-order valence-corrected chi connectivity index (χ2v) is 5.96. The summed E-state index contributed by atoms with van der Waals surface area (Å²) < 4.78 is 16.3. The third kappa shape index (κ3) is 4.62. The number of aryl methyl sites for hydroxylation is 1. The summed E-state index contributed by atoms with van der Waals surface area (Å²) in [6.45, 7) is 4.46. The summed E-state index contributed by atoms with van der Waals surface area (Å²) in [5.74, 6) is 3.24. The standard InChI is InChI=1S/C21H24N4O3/c1-5-28-18-9-7-6-8-16(18)23-20-12-14(2)22-21(25-20)24-17-11-10-15(26-3)13-19(17)27-4/h6-13H,5H2,1-4H3,(H2,22,23,24,25). The second kappa shape index (κ2) is 8.94. The number of para-hydroxylation sites is 2. The minimum atomic E-state index is 0.458. The van der Waals surface area contributed by atoms with Gasteiger partial charge in [0.15, 0.2) is 0 Å². The Morgan fingerprint density at radius 1 is 0.857 bits per heavy atom. The smallest absolute Gasteiger partial charge is 0.229 e. The summed E-state index contributed by atoms with van der Waals surface area (Å²) in [5.41, 5.74) is 2.41. The Bertz CT molecular complexity index is 947. The minimum absolute atomic E-state index is 0.458. The van der Waals surface area contributed by atoms with Crippen molar-refractivity contribution in [2.24, 2.45) is 0 Å². The average Bonchev–Trinajstić information content (AvgIpc) is 2.69. The Hall–Kier alpha value is -3.48. The van der Waals surface area contributed by atoms with E-state index in [-0.39, 0.29) is 0 Å². The van der Waals surface area contributed by atoms with E-state index in [9.17, 15) is 0 Å². The molecule has 0 atom stereocenters. The number of anilines is 4. The van der Waals surface area contributed by atoms with Crippen LogP contribution >= 0.6 is 0 Å². The quantitative estimate of drug-likeness (QED) is 0.587. The van der Waals surface area contributed by atoms with Crippen molar-refractivity contribution in [1.82, 2.24) is 9.97 Å². The molecule has 0 saturated heterocycles. The van der Waals surface area contributed by atoms with E-state index in [1.807, 2.05) is 56.3 Å². The van der Waals surface area contributed by atoms with Gasteiger partial charge in [0.1, 0.15) is 23.1 Å². The molecular weight excluding hydrogens is 356 g/mol. The van der Waals surface area contributed by atoms with Crippen LogP contribution in [0.15, 0.2) is 48.5 Å². The highest BCUT2D eigenvalue weighted by molar-refractivity contribution is 5.67. The zero-order valence-corrected chi connectivity index (χ0v) is 16.4. The van der Waals surface area contributed by atoms with E-state index < -0.39 is 0 Å². The average molecular weight is 380 g/mol. The number of hydrogen-bond acceptors (Lipinski definition) is 7. The fourth-order valence-corrected chi connectivity index (χ4v) is 2.70. The molecule has 3 rings (SSSR count). The molecule has 0 spiro atoms. The molecule has 28 heavy (non-hydrogen) atoms. The van der Waals surface area contributed by atoms with Crippen molar-refractivity contribution in [2.75, 3.05) is 31.5 Å². The zero-order valence-electron chi connectivity index (χ0n) is 16.4. The van der Waals surface area contributed by atoms with Gasteiger partial charge in [-0.2, -0.15) is 4.98 Å². The SMILES string of the molecule is CCOc1ccccc1Nc1cc(C)nc(Nc2ccc(OC)cc2OC)n1. The molecule has 1 aromatic heterocycles. The molecule has 2 aromatic carbocycles. The summed E-state index contributed by atoms with van der Waals surface area (Å²) in [7, 11) is 3.22. The van der Waals surface area contributed by atoms with Crippen LogP contribution in [0.1, 0.15) is 12.6 Å². The molecule has 0 aliphatic rings. The van der Waals surface area contributed by atoms with Crippen molar-refractivity contribution in [1.29, 1.82) is 0 Å². The van der Waals surface area contributed by atoms with Crippen LogP contribution in [0.3, 0.4) is 0 Å². The van der Waals surface area contributed by atoms with Crippen molar-refractivity contribution < 1.29 is 14.2 Å². The van der Waals surface area contributed by atoms with Crippen LogP contribution in [-0.4, -0.2) is 30.8 Å². The van der Waals surface area contributed by atoms with Crippen molar-refractivity contribution in [3.63, 3.8) is 0 Å². The number of aromatic nitrogens is 2. The second-order valence-electron chi connectivity index (χ2n) is 5.96. The number of nitrogens with one attached hydrogen (secondary N) is 2. The van der Waals surface area contributed by atoms with E-state index in [0.29, 0.717) is 29.9 Å². The fourth-order valence-electron chi connectivity index (χ4n) is 2.70. The molecule has 0 aliphatic heterocycles. The van der Waals surface area contributed by atoms with Crippen molar-refractivity contribution in [3.05, 3.63) is 54.2 Å². The van der Waals surface area contributed by atoms with Gasteiger partial charge in [-0.1, -0.05) is 12.1 Å². The third-order valence-electron chi connectivity index (χ3n) is 3.96. The first-order chi connectivity index (χ1) is 13.6.